The van der Waals surface area contributed by atoms with Crippen molar-refractivity contribution in [2.24, 2.45) is 5.41 Å². The summed E-state index contributed by atoms with van der Waals surface area (Å²) in [6.45, 7) is 9.89. The van der Waals surface area contributed by atoms with Crippen LogP contribution >= 0.6 is 0 Å². The summed E-state index contributed by atoms with van der Waals surface area (Å²) in [7, 11) is 0. The first-order chi connectivity index (χ1) is 17.7. The summed E-state index contributed by atoms with van der Waals surface area (Å²) in [6, 6.07) is 0.368. The van der Waals surface area contributed by atoms with Crippen LogP contribution in [0, 0.1) is 5.41 Å². The number of nitrogens with one attached hydrogen (secondary N) is 5. The zero-order valence-corrected chi connectivity index (χ0v) is 22.9. The molecule has 1 aromatic heterocycles. The molecule has 0 aromatic carbocycles. The van der Waals surface area contributed by atoms with Crippen molar-refractivity contribution in [3.05, 3.63) is 45.5 Å². The number of carbonyl (C=O) groups is 5. The quantitative estimate of drug-likeness (QED) is 0.240. The number of H-pyrrole nitrogens is 1. The van der Waals surface area contributed by atoms with E-state index in [1.807, 2.05) is 0 Å². The van der Waals surface area contributed by atoms with Crippen molar-refractivity contribution in [3.8, 4) is 0 Å². The standard InChI is InChI=1S/C27H39N5O6/c1-15(2)20(21(34)25(37)30-18-10-8-7-9-11-18)31-23(35)16(3)29-26(38)22(27(4,5)6)32-24(36)17-12-13-19(33)28-14-17/h12-14,16,18,22H,7-11H2,1-6H3,(H,28,33)(H,29,38)(H,30,37)(H,31,35)(H,32,36). The number of rotatable bonds is 9. The Kier molecular flexibility index (Phi) is 10.5. The van der Waals surface area contributed by atoms with Crippen molar-refractivity contribution in [3.63, 3.8) is 0 Å². The zero-order valence-electron chi connectivity index (χ0n) is 22.9. The first-order valence-electron chi connectivity index (χ1n) is 12.8. The van der Waals surface area contributed by atoms with Crippen molar-refractivity contribution in [1.82, 2.24) is 26.3 Å². The largest absolute Gasteiger partial charge is 0.346 e. The highest BCUT2D eigenvalue weighted by Crippen LogP contribution is 2.20. The lowest BCUT2D eigenvalue weighted by molar-refractivity contribution is -0.137. The molecule has 0 bridgehead atoms. The van der Waals surface area contributed by atoms with E-state index >= 15 is 0 Å². The minimum atomic E-state index is -1.08. The second kappa shape index (κ2) is 13.2. The van der Waals surface area contributed by atoms with E-state index in [1.54, 1.807) is 34.6 Å². The van der Waals surface area contributed by atoms with Gasteiger partial charge in [-0.3, -0.25) is 28.8 Å². The fraction of sp³-hybridized carbons (Fsp3) is 0.556. The summed E-state index contributed by atoms with van der Waals surface area (Å²) in [6.07, 6.45) is 5.95. The van der Waals surface area contributed by atoms with Crippen LogP contribution in [-0.4, -0.2) is 52.5 Å². The van der Waals surface area contributed by atoms with Crippen LogP contribution in [0.2, 0.25) is 0 Å². The normalized spacial score (nSPS) is 15.4. The van der Waals surface area contributed by atoms with Crippen LogP contribution in [0.25, 0.3) is 0 Å². The van der Waals surface area contributed by atoms with Crippen molar-refractivity contribution in [2.75, 3.05) is 0 Å². The maximum atomic E-state index is 13.1. The van der Waals surface area contributed by atoms with Gasteiger partial charge in [-0.25, -0.2) is 0 Å². The molecule has 2 rings (SSSR count). The second-order valence-electron chi connectivity index (χ2n) is 10.9. The Bertz CT molecular complexity index is 1130. The Balaban J connectivity index is 2.06. The average Bonchev–Trinajstić information content (AvgIpc) is 2.85. The Morgan fingerprint density at radius 2 is 1.58 bits per heavy atom. The lowest BCUT2D eigenvalue weighted by atomic mass is 9.85. The van der Waals surface area contributed by atoms with Gasteiger partial charge in [0.1, 0.15) is 12.1 Å². The Morgan fingerprint density at radius 3 is 2.11 bits per heavy atom. The summed E-state index contributed by atoms with van der Waals surface area (Å²) < 4.78 is 0. The van der Waals surface area contributed by atoms with E-state index < -0.39 is 46.9 Å². The highest BCUT2D eigenvalue weighted by molar-refractivity contribution is 6.43. The number of aromatic nitrogens is 1. The van der Waals surface area contributed by atoms with Crippen LogP contribution in [0.1, 0.15) is 84.0 Å². The molecule has 5 N–H and O–H groups in total. The third-order valence-corrected chi connectivity index (χ3v) is 6.32. The van der Waals surface area contributed by atoms with Crippen LogP contribution < -0.4 is 26.8 Å². The van der Waals surface area contributed by atoms with E-state index in [4.69, 9.17) is 0 Å². The van der Waals surface area contributed by atoms with Gasteiger partial charge in [-0.05, 0) is 50.7 Å². The molecule has 1 heterocycles. The molecule has 1 aliphatic rings. The summed E-state index contributed by atoms with van der Waals surface area (Å²) in [5, 5.41) is 10.5. The minimum Gasteiger partial charge on any atom is -0.346 e. The van der Waals surface area contributed by atoms with Gasteiger partial charge in [0.2, 0.25) is 17.4 Å². The molecule has 0 saturated heterocycles. The number of aromatic amines is 1. The van der Waals surface area contributed by atoms with Crippen molar-refractivity contribution < 1.29 is 24.0 Å². The minimum absolute atomic E-state index is 0.0619. The number of hydrogen-bond acceptors (Lipinski definition) is 6. The van der Waals surface area contributed by atoms with Crippen LogP contribution in [0.4, 0.5) is 0 Å². The average molecular weight is 530 g/mol. The van der Waals surface area contributed by atoms with Gasteiger partial charge in [0.05, 0.1) is 11.3 Å². The molecular weight excluding hydrogens is 490 g/mol. The van der Waals surface area contributed by atoms with E-state index in [-0.39, 0.29) is 22.9 Å². The molecule has 208 valence electrons. The summed E-state index contributed by atoms with van der Waals surface area (Å²) >= 11 is 0. The summed E-state index contributed by atoms with van der Waals surface area (Å²) in [4.78, 5) is 77.7. The molecule has 0 aliphatic heterocycles. The number of carbonyl (C=O) groups excluding carboxylic acids is 5. The Hall–Kier alpha value is -3.76. The van der Waals surface area contributed by atoms with Crippen LogP contribution in [0.15, 0.2) is 34.4 Å². The van der Waals surface area contributed by atoms with E-state index in [2.05, 4.69) is 26.3 Å². The fourth-order valence-corrected chi connectivity index (χ4v) is 4.06. The third kappa shape index (κ3) is 8.67. The molecule has 1 aliphatic carbocycles. The highest BCUT2D eigenvalue weighted by atomic mass is 16.2. The van der Waals surface area contributed by atoms with Gasteiger partial charge in [-0.15, -0.1) is 0 Å². The maximum absolute atomic E-state index is 13.1. The lowest BCUT2D eigenvalue weighted by Gasteiger charge is -2.31. The fourth-order valence-electron chi connectivity index (χ4n) is 4.06. The predicted molar refractivity (Wildman–Crippen MR) is 142 cm³/mol. The van der Waals surface area contributed by atoms with E-state index in [0.29, 0.717) is 5.57 Å². The Morgan fingerprint density at radius 1 is 0.947 bits per heavy atom. The molecule has 11 heteroatoms. The number of ketones is 1. The summed E-state index contributed by atoms with van der Waals surface area (Å²) in [5.41, 5.74) is -0.622. The number of pyridine rings is 1. The number of amides is 4. The van der Waals surface area contributed by atoms with E-state index in [1.165, 1.54) is 25.3 Å². The molecule has 0 radical (unpaired) electrons. The predicted octanol–water partition coefficient (Wildman–Crippen LogP) is 1.45. The second-order valence-corrected chi connectivity index (χ2v) is 10.9. The number of hydrogen-bond donors (Lipinski definition) is 5. The molecule has 1 saturated carbocycles. The van der Waals surface area contributed by atoms with E-state index in [9.17, 15) is 28.8 Å². The van der Waals surface area contributed by atoms with Gasteiger partial charge < -0.3 is 26.3 Å². The van der Waals surface area contributed by atoms with E-state index in [0.717, 1.165) is 32.1 Å². The van der Waals surface area contributed by atoms with Crippen LogP contribution in [0.5, 0.6) is 0 Å². The molecule has 1 aromatic rings. The molecule has 0 spiro atoms. The first kappa shape index (κ1) is 30.5. The molecule has 2 unspecified atom stereocenters. The molecule has 2 atom stereocenters. The van der Waals surface area contributed by atoms with Gasteiger partial charge >= 0.3 is 0 Å². The zero-order chi connectivity index (χ0) is 28.6. The van der Waals surface area contributed by atoms with Gasteiger partial charge in [-0.2, -0.15) is 0 Å². The molecular formula is C27H39N5O6. The Labute approximate surface area is 222 Å². The van der Waals surface area contributed by atoms with Gasteiger partial charge in [0, 0.05) is 18.3 Å². The summed E-state index contributed by atoms with van der Waals surface area (Å²) in [5.74, 6) is -3.49. The van der Waals surface area contributed by atoms with Crippen molar-refractivity contribution in [2.45, 2.75) is 91.8 Å². The third-order valence-electron chi connectivity index (χ3n) is 6.32. The van der Waals surface area contributed by atoms with Crippen LogP contribution in [0.3, 0.4) is 0 Å². The topological polar surface area (TPSA) is 166 Å². The molecule has 1 fully saturated rings. The molecule has 4 amide bonds. The lowest BCUT2D eigenvalue weighted by Crippen LogP contribution is -2.57. The van der Waals surface area contributed by atoms with Crippen molar-refractivity contribution in [1.29, 1.82) is 0 Å². The van der Waals surface area contributed by atoms with Gasteiger partial charge in [0.15, 0.2) is 0 Å². The SMILES string of the molecule is CC(C)=C(NC(=O)C(C)NC(=O)C(NC(=O)c1ccc(=O)[nH]c1)C(C)(C)C)C(=O)C(=O)NC1CCCCC1. The smallest absolute Gasteiger partial charge is 0.294 e. The maximum Gasteiger partial charge on any atom is 0.294 e. The number of Topliss-reactive ketones (excluding diaryl/α,β-unsaturated/α-hetero) is 1. The van der Waals surface area contributed by atoms with Gasteiger partial charge in [-0.1, -0.05) is 40.0 Å². The van der Waals surface area contributed by atoms with Crippen LogP contribution in [-0.2, 0) is 19.2 Å². The number of allylic oxidation sites excluding steroid dienone is 1. The first-order valence-corrected chi connectivity index (χ1v) is 12.8. The molecule has 38 heavy (non-hydrogen) atoms. The highest BCUT2D eigenvalue weighted by Gasteiger charge is 2.35. The molecule has 11 nitrogen and oxygen atoms in total. The van der Waals surface area contributed by atoms with Gasteiger partial charge in [0.25, 0.3) is 17.6 Å². The monoisotopic (exact) mass is 529 g/mol. The van der Waals surface area contributed by atoms with Crippen molar-refractivity contribution >= 4 is 29.4 Å².